The highest BCUT2D eigenvalue weighted by Gasteiger charge is 2.33. The number of hydrogen-bond acceptors (Lipinski definition) is 3. The Bertz CT molecular complexity index is 1060. The van der Waals surface area contributed by atoms with Crippen molar-refractivity contribution in [3.8, 4) is 0 Å². The Labute approximate surface area is 162 Å². The van der Waals surface area contributed by atoms with Gasteiger partial charge in [0.25, 0.3) is 0 Å². The maximum absolute atomic E-state index is 5.92. The monoisotopic (exact) mass is 394 g/mol. The Morgan fingerprint density at radius 3 is 2.44 bits per heavy atom. The Hall–Kier alpha value is -2.63. The first-order valence-corrected chi connectivity index (χ1v) is 11.7. The van der Waals surface area contributed by atoms with Crippen LogP contribution < -0.4 is 15.5 Å². The second-order valence-corrected chi connectivity index (χ2v) is 9.97. The number of anilines is 3. The quantitative estimate of drug-likeness (QED) is 0.573. The van der Waals surface area contributed by atoms with Crippen LogP contribution in [-0.2, 0) is 24.8 Å². The van der Waals surface area contributed by atoms with E-state index in [4.69, 9.17) is 21.6 Å². The van der Waals surface area contributed by atoms with Crippen LogP contribution in [0.1, 0.15) is 17.9 Å². The minimum absolute atomic E-state index is 0.780. The first kappa shape index (κ1) is 16.5. The molecule has 0 unspecified atom stereocenters. The molecule has 3 aromatic rings. The van der Waals surface area contributed by atoms with Gasteiger partial charge in [0.2, 0.25) is 6.49 Å². The summed E-state index contributed by atoms with van der Waals surface area (Å²) in [7, 11) is 0. The van der Waals surface area contributed by atoms with E-state index in [1.807, 2.05) is 60.7 Å². The zero-order valence-electron chi connectivity index (χ0n) is 14.6. The third-order valence-corrected chi connectivity index (χ3v) is 6.99. The molecule has 0 saturated carbocycles. The molecular formula is C19H19N6PS. The Kier molecular flexibility index (Phi) is 3.99. The van der Waals surface area contributed by atoms with Crippen molar-refractivity contribution in [1.82, 2.24) is 9.55 Å². The van der Waals surface area contributed by atoms with Gasteiger partial charge >= 0.3 is 0 Å². The topological polar surface area (TPSA) is 66.3 Å². The summed E-state index contributed by atoms with van der Waals surface area (Å²) in [4.78, 5) is 4.81. The lowest BCUT2D eigenvalue weighted by molar-refractivity contribution is 0.744. The average Bonchev–Trinajstić information content (AvgIpc) is 3.23. The molecule has 0 fully saturated rings. The molecule has 2 aromatic carbocycles. The third-order valence-electron chi connectivity index (χ3n) is 4.64. The highest BCUT2D eigenvalue weighted by atomic mass is 32.4. The zero-order valence-corrected chi connectivity index (χ0v) is 16.3. The Morgan fingerprint density at radius 2 is 1.70 bits per heavy atom. The number of para-hydroxylation sites is 2. The maximum atomic E-state index is 5.92. The fourth-order valence-electron chi connectivity index (χ4n) is 3.48. The largest absolute Gasteiger partial charge is 0.338 e. The molecule has 0 saturated heterocycles. The summed E-state index contributed by atoms with van der Waals surface area (Å²) in [5, 5.41) is 10.3. The van der Waals surface area contributed by atoms with Crippen molar-refractivity contribution in [3.63, 3.8) is 0 Å². The van der Waals surface area contributed by atoms with Crippen LogP contribution in [0.25, 0.3) is 0 Å². The summed E-state index contributed by atoms with van der Waals surface area (Å²) in [6, 6.07) is 20.0. The molecule has 6 nitrogen and oxygen atoms in total. The minimum Gasteiger partial charge on any atom is -0.338 e. The molecule has 0 bridgehead atoms. The van der Waals surface area contributed by atoms with Crippen LogP contribution >= 0.6 is 6.49 Å². The lowest BCUT2D eigenvalue weighted by Crippen LogP contribution is -2.24. The number of aryl methyl sites for hydroxylation is 1. The van der Waals surface area contributed by atoms with E-state index < -0.39 is 6.49 Å². The van der Waals surface area contributed by atoms with Crippen LogP contribution in [0.5, 0.6) is 0 Å². The van der Waals surface area contributed by atoms with Crippen molar-refractivity contribution < 1.29 is 0 Å². The number of aromatic nitrogens is 2. The fourth-order valence-corrected chi connectivity index (χ4v) is 5.83. The van der Waals surface area contributed by atoms with E-state index in [9.17, 15) is 0 Å². The van der Waals surface area contributed by atoms with Crippen molar-refractivity contribution >= 4 is 41.3 Å². The van der Waals surface area contributed by atoms with Gasteiger partial charge in [-0.2, -0.15) is 4.76 Å². The van der Waals surface area contributed by atoms with Gasteiger partial charge in [0.1, 0.15) is 11.5 Å². The first-order chi connectivity index (χ1) is 13.2. The SMILES string of the molecule is S=[P@@]1(Nc2ccccc2)N=C(Nc2ccccc2)c2c(nc3n2CCC3)N1. The Morgan fingerprint density at radius 1 is 1.00 bits per heavy atom. The molecule has 3 heterocycles. The predicted octanol–water partition coefficient (Wildman–Crippen LogP) is 4.45. The lowest BCUT2D eigenvalue weighted by Gasteiger charge is -2.27. The molecule has 8 heteroatoms. The molecule has 0 amide bonds. The van der Waals surface area contributed by atoms with Crippen LogP contribution in [0.3, 0.4) is 0 Å². The van der Waals surface area contributed by atoms with Gasteiger partial charge in [-0.15, -0.1) is 0 Å². The number of nitrogens with zero attached hydrogens (tertiary/aromatic N) is 3. The second kappa shape index (κ2) is 6.51. The minimum atomic E-state index is -2.47. The van der Waals surface area contributed by atoms with Crippen LogP contribution in [0.4, 0.5) is 17.2 Å². The van der Waals surface area contributed by atoms with Crippen LogP contribution in [0, 0.1) is 0 Å². The van der Waals surface area contributed by atoms with Gasteiger partial charge in [-0.25, -0.2) is 4.98 Å². The van der Waals surface area contributed by atoms with Gasteiger partial charge in [-0.3, -0.25) is 0 Å². The zero-order chi connectivity index (χ0) is 18.3. The molecular weight excluding hydrogens is 375 g/mol. The summed E-state index contributed by atoms with van der Waals surface area (Å²) < 4.78 is 7.19. The molecule has 0 radical (unpaired) electrons. The van der Waals surface area contributed by atoms with Crippen molar-refractivity contribution in [2.24, 2.45) is 4.76 Å². The van der Waals surface area contributed by atoms with Crippen molar-refractivity contribution in [1.29, 1.82) is 0 Å². The number of nitrogens with one attached hydrogen (secondary N) is 3. The second-order valence-electron chi connectivity index (χ2n) is 6.59. The number of imidazole rings is 1. The van der Waals surface area contributed by atoms with Crippen LogP contribution in [-0.4, -0.2) is 15.4 Å². The lowest BCUT2D eigenvalue weighted by atomic mass is 10.3. The number of amidine groups is 1. The van der Waals surface area contributed by atoms with E-state index in [0.717, 1.165) is 53.9 Å². The molecule has 3 N–H and O–H groups in total. The molecule has 27 heavy (non-hydrogen) atoms. The van der Waals surface area contributed by atoms with Gasteiger partial charge in [0.15, 0.2) is 11.7 Å². The van der Waals surface area contributed by atoms with Gasteiger partial charge < -0.3 is 20.1 Å². The fraction of sp³-hybridized carbons (Fsp3) is 0.158. The van der Waals surface area contributed by atoms with E-state index in [-0.39, 0.29) is 0 Å². The summed E-state index contributed by atoms with van der Waals surface area (Å²) in [6.45, 7) is -1.51. The maximum Gasteiger partial charge on any atom is 0.235 e. The summed E-state index contributed by atoms with van der Waals surface area (Å²) >= 11 is 5.92. The van der Waals surface area contributed by atoms with E-state index in [2.05, 4.69) is 20.1 Å². The predicted molar refractivity (Wildman–Crippen MR) is 115 cm³/mol. The van der Waals surface area contributed by atoms with Gasteiger partial charge in [0, 0.05) is 24.3 Å². The molecule has 2 aliphatic heterocycles. The standard InChI is InChI=1S/C19H19N6PS/c27-26(22-15-10-5-2-6-11-15)23-18(20-14-8-3-1-4-9-14)17-19(24-26)21-16-12-7-13-25(16)17/h1-6,8-11H,7,12-13H2,(H3,20,22,23,24,27)/t26-/m0/s1. The summed E-state index contributed by atoms with van der Waals surface area (Å²) in [5.74, 6) is 2.70. The number of hydrogen-bond donors (Lipinski definition) is 3. The van der Waals surface area contributed by atoms with Crippen LogP contribution in [0.15, 0.2) is 65.4 Å². The molecule has 0 aliphatic carbocycles. The molecule has 0 spiro atoms. The number of rotatable bonds is 3. The Balaban J connectivity index is 1.57. The molecule has 2 aliphatic rings. The third kappa shape index (κ3) is 3.13. The molecule has 136 valence electrons. The van der Waals surface area contributed by atoms with Crippen molar-refractivity contribution in [2.75, 3.05) is 15.5 Å². The highest BCUT2D eigenvalue weighted by Crippen LogP contribution is 2.51. The van der Waals surface area contributed by atoms with E-state index in [1.165, 1.54) is 0 Å². The summed E-state index contributed by atoms with van der Waals surface area (Å²) in [5.41, 5.74) is 2.94. The van der Waals surface area contributed by atoms with Crippen LogP contribution in [0.2, 0.25) is 0 Å². The van der Waals surface area contributed by atoms with E-state index in [0.29, 0.717) is 0 Å². The molecule has 5 rings (SSSR count). The smallest absolute Gasteiger partial charge is 0.235 e. The number of fused-ring (bicyclic) bond motifs is 3. The molecule has 1 atom stereocenters. The van der Waals surface area contributed by atoms with Gasteiger partial charge in [0.05, 0.1) is 0 Å². The average molecular weight is 394 g/mol. The highest BCUT2D eigenvalue weighted by molar-refractivity contribution is 8.15. The van der Waals surface area contributed by atoms with Gasteiger partial charge in [-0.05, 0) is 42.5 Å². The molecule has 1 aromatic heterocycles. The first-order valence-electron chi connectivity index (χ1n) is 8.94. The summed E-state index contributed by atoms with van der Waals surface area (Å²) in [6.07, 6.45) is 2.10. The van der Waals surface area contributed by atoms with Crippen molar-refractivity contribution in [2.45, 2.75) is 19.4 Å². The van der Waals surface area contributed by atoms with Crippen molar-refractivity contribution in [3.05, 3.63) is 72.2 Å². The van der Waals surface area contributed by atoms with Gasteiger partial charge in [-0.1, -0.05) is 36.4 Å². The number of benzene rings is 2. The normalized spacial score (nSPS) is 20.2. The van der Waals surface area contributed by atoms with E-state index in [1.54, 1.807) is 0 Å². The van der Waals surface area contributed by atoms with E-state index >= 15 is 0 Å².